The molecule has 2 aromatic rings. The number of hydrogen-bond donors (Lipinski definition) is 1. The lowest BCUT2D eigenvalue weighted by Gasteiger charge is -2.09. The highest BCUT2D eigenvalue weighted by atomic mass is 79.9. The second kappa shape index (κ2) is 4.49. The Hall–Kier alpha value is -1.28. The van der Waals surface area contributed by atoms with Crippen LogP contribution in [-0.4, -0.2) is 7.05 Å². The molecule has 1 nitrogen and oxygen atoms in total. The summed E-state index contributed by atoms with van der Waals surface area (Å²) in [7, 11) is 1.94. The van der Waals surface area contributed by atoms with E-state index in [1.165, 1.54) is 11.1 Å². The van der Waals surface area contributed by atoms with Crippen molar-refractivity contribution in [2.45, 2.75) is 0 Å². The Kier molecular flexibility index (Phi) is 3.07. The molecule has 0 unspecified atom stereocenters. The Morgan fingerprint density at radius 3 is 2.40 bits per heavy atom. The van der Waals surface area contributed by atoms with Crippen LogP contribution >= 0.6 is 15.9 Å². The normalized spacial score (nSPS) is 10.0. The van der Waals surface area contributed by atoms with E-state index in [0.717, 1.165) is 10.2 Å². The maximum atomic E-state index is 3.47. The first-order valence-corrected chi connectivity index (χ1v) is 5.63. The third-order valence-corrected chi connectivity index (χ3v) is 2.83. The van der Waals surface area contributed by atoms with Crippen molar-refractivity contribution in [3.05, 3.63) is 53.0 Å². The molecule has 0 radical (unpaired) electrons. The van der Waals surface area contributed by atoms with Gasteiger partial charge in [0.25, 0.3) is 0 Å². The first-order valence-electron chi connectivity index (χ1n) is 4.84. The van der Waals surface area contributed by atoms with Crippen LogP contribution in [-0.2, 0) is 0 Å². The highest BCUT2D eigenvalue weighted by molar-refractivity contribution is 9.10. The third-order valence-electron chi connectivity index (χ3n) is 2.34. The zero-order valence-electron chi connectivity index (χ0n) is 8.50. The topological polar surface area (TPSA) is 12.0 Å². The molecular weight excluding hydrogens is 250 g/mol. The van der Waals surface area contributed by atoms with E-state index in [4.69, 9.17) is 0 Å². The van der Waals surface area contributed by atoms with Gasteiger partial charge in [0.15, 0.2) is 0 Å². The molecule has 0 aliphatic heterocycles. The lowest BCUT2D eigenvalue weighted by atomic mass is 10.0. The van der Waals surface area contributed by atoms with Crippen LogP contribution in [0.15, 0.2) is 53.0 Å². The monoisotopic (exact) mass is 261 g/mol. The lowest BCUT2D eigenvalue weighted by Crippen LogP contribution is -1.91. The van der Waals surface area contributed by atoms with Gasteiger partial charge in [-0.05, 0) is 17.7 Å². The van der Waals surface area contributed by atoms with Gasteiger partial charge in [-0.25, -0.2) is 0 Å². The average molecular weight is 262 g/mol. The second-order valence-corrected chi connectivity index (χ2v) is 4.22. The van der Waals surface area contributed by atoms with Gasteiger partial charge in [-0.1, -0.05) is 52.3 Å². The van der Waals surface area contributed by atoms with E-state index in [2.05, 4.69) is 63.7 Å². The summed E-state index contributed by atoms with van der Waals surface area (Å²) in [5.41, 5.74) is 3.59. The average Bonchev–Trinajstić information content (AvgIpc) is 2.30. The van der Waals surface area contributed by atoms with Crippen molar-refractivity contribution in [2.24, 2.45) is 0 Å². The lowest BCUT2D eigenvalue weighted by molar-refractivity contribution is 1.49. The van der Waals surface area contributed by atoms with E-state index >= 15 is 0 Å². The van der Waals surface area contributed by atoms with Crippen LogP contribution < -0.4 is 5.32 Å². The molecule has 15 heavy (non-hydrogen) atoms. The summed E-state index contributed by atoms with van der Waals surface area (Å²) in [4.78, 5) is 0. The van der Waals surface area contributed by atoms with E-state index in [9.17, 15) is 0 Å². The molecule has 1 N–H and O–H groups in total. The SMILES string of the molecule is CNc1cc(Br)ccc1-c1ccccc1. The Balaban J connectivity index is 2.53. The molecule has 0 amide bonds. The van der Waals surface area contributed by atoms with E-state index in [1.807, 2.05) is 13.1 Å². The third kappa shape index (κ3) is 2.21. The van der Waals surface area contributed by atoms with Crippen molar-refractivity contribution in [3.63, 3.8) is 0 Å². The van der Waals surface area contributed by atoms with Crippen LogP contribution in [0.4, 0.5) is 5.69 Å². The van der Waals surface area contributed by atoms with Gasteiger partial charge in [-0.3, -0.25) is 0 Å². The van der Waals surface area contributed by atoms with Crippen LogP contribution in [0.3, 0.4) is 0 Å². The first kappa shape index (κ1) is 10.2. The first-order chi connectivity index (χ1) is 7.31. The van der Waals surface area contributed by atoms with Crippen molar-refractivity contribution >= 4 is 21.6 Å². The molecule has 0 saturated carbocycles. The summed E-state index contributed by atoms with van der Waals surface area (Å²) in [6.07, 6.45) is 0. The van der Waals surface area contributed by atoms with Gasteiger partial charge in [0, 0.05) is 22.8 Å². The van der Waals surface area contributed by atoms with Crippen LogP contribution in [0.25, 0.3) is 11.1 Å². The van der Waals surface area contributed by atoms with Crippen molar-refractivity contribution < 1.29 is 0 Å². The maximum Gasteiger partial charge on any atom is 0.0428 e. The van der Waals surface area contributed by atoms with Gasteiger partial charge in [0.05, 0.1) is 0 Å². The molecule has 0 bridgehead atoms. The van der Waals surface area contributed by atoms with Gasteiger partial charge >= 0.3 is 0 Å². The largest absolute Gasteiger partial charge is 0.388 e. The molecular formula is C13H12BrN. The molecule has 0 saturated heterocycles. The number of anilines is 1. The van der Waals surface area contributed by atoms with Gasteiger partial charge in [-0.2, -0.15) is 0 Å². The van der Waals surface area contributed by atoms with E-state index in [-0.39, 0.29) is 0 Å². The molecule has 0 spiro atoms. The Labute approximate surface area is 98.3 Å². The highest BCUT2D eigenvalue weighted by Gasteiger charge is 2.03. The van der Waals surface area contributed by atoms with Crippen molar-refractivity contribution in [1.82, 2.24) is 0 Å². The van der Waals surface area contributed by atoms with E-state index in [1.54, 1.807) is 0 Å². The molecule has 2 aromatic carbocycles. The van der Waals surface area contributed by atoms with Crippen LogP contribution in [0.1, 0.15) is 0 Å². The molecule has 0 heterocycles. The second-order valence-electron chi connectivity index (χ2n) is 3.31. The van der Waals surface area contributed by atoms with Crippen molar-refractivity contribution in [3.8, 4) is 11.1 Å². The minimum absolute atomic E-state index is 1.09. The van der Waals surface area contributed by atoms with Crippen molar-refractivity contribution in [1.29, 1.82) is 0 Å². The number of benzene rings is 2. The standard InChI is InChI=1S/C13H12BrN/c1-15-13-9-11(14)7-8-12(13)10-5-3-2-4-6-10/h2-9,15H,1H3. The summed E-state index contributed by atoms with van der Waals surface area (Å²) in [6, 6.07) is 16.6. The summed E-state index contributed by atoms with van der Waals surface area (Å²) in [5, 5.41) is 3.20. The summed E-state index contributed by atoms with van der Waals surface area (Å²) in [5.74, 6) is 0. The zero-order chi connectivity index (χ0) is 10.7. The number of hydrogen-bond acceptors (Lipinski definition) is 1. The molecule has 0 fully saturated rings. The van der Waals surface area contributed by atoms with Crippen molar-refractivity contribution in [2.75, 3.05) is 12.4 Å². The fraction of sp³-hybridized carbons (Fsp3) is 0.0769. The minimum atomic E-state index is 1.09. The molecule has 2 heteroatoms. The summed E-state index contributed by atoms with van der Waals surface area (Å²) >= 11 is 3.47. The minimum Gasteiger partial charge on any atom is -0.388 e. The smallest absolute Gasteiger partial charge is 0.0428 e. The molecule has 2 rings (SSSR count). The van der Waals surface area contributed by atoms with Crippen LogP contribution in [0, 0.1) is 0 Å². The molecule has 76 valence electrons. The molecule has 0 aliphatic rings. The van der Waals surface area contributed by atoms with Crippen LogP contribution in [0.5, 0.6) is 0 Å². The summed E-state index contributed by atoms with van der Waals surface area (Å²) in [6.45, 7) is 0. The quantitative estimate of drug-likeness (QED) is 0.856. The Bertz CT molecular complexity index is 451. The molecule has 0 atom stereocenters. The Morgan fingerprint density at radius 1 is 1.00 bits per heavy atom. The number of halogens is 1. The predicted octanol–water partition coefficient (Wildman–Crippen LogP) is 4.16. The molecule has 0 aromatic heterocycles. The van der Waals surface area contributed by atoms with Gasteiger partial charge in [-0.15, -0.1) is 0 Å². The highest BCUT2D eigenvalue weighted by Crippen LogP contribution is 2.30. The fourth-order valence-corrected chi connectivity index (χ4v) is 1.95. The van der Waals surface area contributed by atoms with Gasteiger partial charge < -0.3 is 5.32 Å². The predicted molar refractivity (Wildman–Crippen MR) is 69.1 cm³/mol. The zero-order valence-corrected chi connectivity index (χ0v) is 10.1. The molecule has 0 aliphatic carbocycles. The van der Waals surface area contributed by atoms with Gasteiger partial charge in [0.2, 0.25) is 0 Å². The maximum absolute atomic E-state index is 3.47. The van der Waals surface area contributed by atoms with Gasteiger partial charge in [0.1, 0.15) is 0 Å². The number of rotatable bonds is 2. The number of nitrogens with one attached hydrogen (secondary N) is 1. The summed E-state index contributed by atoms with van der Waals surface area (Å²) < 4.78 is 1.09. The Morgan fingerprint density at radius 2 is 1.73 bits per heavy atom. The van der Waals surface area contributed by atoms with E-state index in [0.29, 0.717) is 0 Å². The van der Waals surface area contributed by atoms with Crippen LogP contribution in [0.2, 0.25) is 0 Å². The fourth-order valence-electron chi connectivity index (χ4n) is 1.59. The van der Waals surface area contributed by atoms with E-state index < -0.39 is 0 Å².